The maximum absolute atomic E-state index is 12.9. The summed E-state index contributed by atoms with van der Waals surface area (Å²) >= 11 is 0. The van der Waals surface area contributed by atoms with Crippen LogP contribution in [0.1, 0.15) is 25.0 Å². The second-order valence-electron chi connectivity index (χ2n) is 7.27. The van der Waals surface area contributed by atoms with E-state index in [4.69, 9.17) is 4.74 Å². The van der Waals surface area contributed by atoms with E-state index >= 15 is 0 Å². The summed E-state index contributed by atoms with van der Waals surface area (Å²) in [6.07, 6.45) is 1.86. The standard InChI is InChI=1S/C21H26N2O4S/c1-16(2)27-20-10-6-9-19(13-20)23(28(3,25)26)15-21(24)22-12-11-17-7-4-5-8-18(17)14-22/h4-10,13,16H,11-12,14-15H2,1-3H3. The van der Waals surface area contributed by atoms with Crippen molar-refractivity contribution in [1.29, 1.82) is 0 Å². The van der Waals surface area contributed by atoms with E-state index < -0.39 is 10.0 Å². The van der Waals surface area contributed by atoms with Gasteiger partial charge in [0.05, 0.1) is 18.0 Å². The normalized spacial score (nSPS) is 13.9. The number of sulfonamides is 1. The molecule has 0 unspecified atom stereocenters. The van der Waals surface area contributed by atoms with Crippen molar-refractivity contribution >= 4 is 21.6 Å². The summed E-state index contributed by atoms with van der Waals surface area (Å²) in [5.74, 6) is 0.357. The molecule has 0 radical (unpaired) electrons. The zero-order chi connectivity index (χ0) is 20.3. The lowest BCUT2D eigenvalue weighted by atomic mass is 10.00. The van der Waals surface area contributed by atoms with Crippen LogP contribution in [-0.4, -0.2) is 44.7 Å². The monoisotopic (exact) mass is 402 g/mol. The first kappa shape index (κ1) is 20.2. The van der Waals surface area contributed by atoms with E-state index in [2.05, 4.69) is 6.07 Å². The average Bonchev–Trinajstić information content (AvgIpc) is 2.64. The van der Waals surface area contributed by atoms with Crippen molar-refractivity contribution in [1.82, 2.24) is 4.90 Å². The van der Waals surface area contributed by atoms with Gasteiger partial charge in [-0.25, -0.2) is 8.42 Å². The number of carbonyl (C=O) groups excluding carboxylic acids is 1. The van der Waals surface area contributed by atoms with Gasteiger partial charge in [-0.1, -0.05) is 30.3 Å². The molecule has 150 valence electrons. The molecule has 1 aliphatic heterocycles. The van der Waals surface area contributed by atoms with E-state index in [1.807, 2.05) is 32.0 Å². The molecule has 2 aromatic rings. The smallest absolute Gasteiger partial charge is 0.243 e. The molecule has 0 N–H and O–H groups in total. The Labute approximate surface area is 166 Å². The summed E-state index contributed by atoms with van der Waals surface area (Å²) < 4.78 is 31.6. The number of rotatable bonds is 6. The SMILES string of the molecule is CC(C)Oc1cccc(N(CC(=O)N2CCc3ccccc3C2)S(C)(=O)=O)c1. The summed E-state index contributed by atoms with van der Waals surface area (Å²) in [5.41, 5.74) is 2.77. The van der Waals surface area contributed by atoms with Crippen LogP contribution < -0.4 is 9.04 Å². The Balaban J connectivity index is 1.80. The minimum Gasteiger partial charge on any atom is -0.491 e. The van der Waals surface area contributed by atoms with Crippen LogP contribution in [0.2, 0.25) is 0 Å². The lowest BCUT2D eigenvalue weighted by molar-refractivity contribution is -0.130. The van der Waals surface area contributed by atoms with E-state index in [0.717, 1.165) is 22.5 Å². The number of amides is 1. The second-order valence-corrected chi connectivity index (χ2v) is 9.17. The quantitative estimate of drug-likeness (QED) is 0.745. The first-order chi connectivity index (χ1) is 13.2. The fourth-order valence-corrected chi connectivity index (χ4v) is 4.16. The largest absolute Gasteiger partial charge is 0.491 e. The van der Waals surface area contributed by atoms with Crippen LogP contribution >= 0.6 is 0 Å². The summed E-state index contributed by atoms with van der Waals surface area (Å²) in [5, 5.41) is 0. The molecular weight excluding hydrogens is 376 g/mol. The van der Waals surface area contributed by atoms with Gasteiger partial charge in [0, 0.05) is 19.2 Å². The minimum absolute atomic E-state index is 0.0306. The Kier molecular flexibility index (Phi) is 5.93. The van der Waals surface area contributed by atoms with Crippen LogP contribution in [-0.2, 0) is 27.8 Å². The van der Waals surface area contributed by atoms with Crippen molar-refractivity contribution in [3.05, 3.63) is 59.7 Å². The molecule has 28 heavy (non-hydrogen) atoms. The van der Waals surface area contributed by atoms with E-state index in [0.29, 0.717) is 24.5 Å². The Hall–Kier alpha value is -2.54. The molecule has 0 aliphatic carbocycles. The molecular formula is C21H26N2O4S. The number of hydrogen-bond donors (Lipinski definition) is 0. The van der Waals surface area contributed by atoms with Gasteiger partial charge in [0.15, 0.2) is 0 Å². The molecule has 7 heteroatoms. The van der Waals surface area contributed by atoms with Gasteiger partial charge in [-0.05, 0) is 43.5 Å². The van der Waals surface area contributed by atoms with Crippen LogP contribution in [0.15, 0.2) is 48.5 Å². The first-order valence-electron chi connectivity index (χ1n) is 9.33. The van der Waals surface area contributed by atoms with E-state index in [1.165, 1.54) is 5.56 Å². The number of ether oxygens (including phenoxy) is 1. The molecule has 0 aromatic heterocycles. The van der Waals surface area contributed by atoms with E-state index in [1.54, 1.807) is 29.2 Å². The summed E-state index contributed by atoms with van der Waals surface area (Å²) in [6, 6.07) is 14.9. The highest BCUT2D eigenvalue weighted by Crippen LogP contribution is 2.25. The molecule has 0 saturated carbocycles. The van der Waals surface area contributed by atoms with Crippen molar-refractivity contribution in [3.8, 4) is 5.75 Å². The summed E-state index contributed by atoms with van der Waals surface area (Å²) in [7, 11) is -3.63. The molecule has 0 saturated heterocycles. The highest BCUT2D eigenvalue weighted by molar-refractivity contribution is 7.92. The van der Waals surface area contributed by atoms with Crippen molar-refractivity contribution in [3.63, 3.8) is 0 Å². The Morgan fingerprint density at radius 1 is 1.14 bits per heavy atom. The highest BCUT2D eigenvalue weighted by Gasteiger charge is 2.26. The number of nitrogens with zero attached hydrogens (tertiary/aromatic N) is 2. The van der Waals surface area contributed by atoms with Crippen LogP contribution in [0.5, 0.6) is 5.75 Å². The van der Waals surface area contributed by atoms with Gasteiger partial charge in [0.2, 0.25) is 15.9 Å². The Morgan fingerprint density at radius 3 is 2.54 bits per heavy atom. The fourth-order valence-electron chi connectivity index (χ4n) is 3.32. The molecule has 2 aromatic carbocycles. The van der Waals surface area contributed by atoms with Gasteiger partial charge in [0.25, 0.3) is 0 Å². The number of fused-ring (bicyclic) bond motifs is 1. The zero-order valence-electron chi connectivity index (χ0n) is 16.5. The molecule has 1 aliphatic rings. The van der Waals surface area contributed by atoms with Crippen molar-refractivity contribution < 1.29 is 17.9 Å². The third-order valence-electron chi connectivity index (χ3n) is 4.64. The summed E-state index contributed by atoms with van der Waals surface area (Å²) in [6.45, 7) is 4.66. The van der Waals surface area contributed by atoms with Crippen LogP contribution in [0.3, 0.4) is 0 Å². The van der Waals surface area contributed by atoms with Crippen LogP contribution in [0.25, 0.3) is 0 Å². The van der Waals surface area contributed by atoms with Crippen LogP contribution in [0, 0.1) is 0 Å². The van der Waals surface area contributed by atoms with E-state index in [-0.39, 0.29) is 18.6 Å². The summed E-state index contributed by atoms with van der Waals surface area (Å²) in [4.78, 5) is 14.6. The van der Waals surface area contributed by atoms with Gasteiger partial charge >= 0.3 is 0 Å². The fraction of sp³-hybridized carbons (Fsp3) is 0.381. The van der Waals surface area contributed by atoms with Gasteiger partial charge in [-0.2, -0.15) is 0 Å². The molecule has 6 nitrogen and oxygen atoms in total. The number of hydrogen-bond acceptors (Lipinski definition) is 4. The molecule has 3 rings (SSSR count). The molecule has 1 amide bonds. The van der Waals surface area contributed by atoms with Crippen molar-refractivity contribution in [2.75, 3.05) is 23.7 Å². The molecule has 1 heterocycles. The van der Waals surface area contributed by atoms with E-state index in [9.17, 15) is 13.2 Å². The third kappa shape index (κ3) is 4.84. The molecule has 0 bridgehead atoms. The number of benzene rings is 2. The number of carbonyl (C=O) groups is 1. The zero-order valence-corrected chi connectivity index (χ0v) is 17.3. The molecule has 0 spiro atoms. The lowest BCUT2D eigenvalue weighted by Gasteiger charge is -2.31. The lowest BCUT2D eigenvalue weighted by Crippen LogP contribution is -2.44. The van der Waals surface area contributed by atoms with Crippen molar-refractivity contribution in [2.45, 2.75) is 32.9 Å². The van der Waals surface area contributed by atoms with Crippen molar-refractivity contribution in [2.24, 2.45) is 0 Å². The molecule has 0 fully saturated rings. The first-order valence-corrected chi connectivity index (χ1v) is 11.2. The third-order valence-corrected chi connectivity index (χ3v) is 5.78. The highest BCUT2D eigenvalue weighted by atomic mass is 32.2. The topological polar surface area (TPSA) is 66.9 Å². The average molecular weight is 403 g/mol. The Morgan fingerprint density at radius 2 is 1.86 bits per heavy atom. The van der Waals surface area contributed by atoms with Gasteiger partial charge in [-0.15, -0.1) is 0 Å². The van der Waals surface area contributed by atoms with Gasteiger partial charge in [0.1, 0.15) is 12.3 Å². The molecule has 0 atom stereocenters. The minimum atomic E-state index is -3.63. The Bertz CT molecular complexity index is 956. The maximum atomic E-state index is 12.9. The predicted molar refractivity (Wildman–Crippen MR) is 110 cm³/mol. The van der Waals surface area contributed by atoms with Crippen LogP contribution in [0.4, 0.5) is 5.69 Å². The number of anilines is 1. The van der Waals surface area contributed by atoms with Gasteiger partial charge < -0.3 is 9.64 Å². The second kappa shape index (κ2) is 8.22. The van der Waals surface area contributed by atoms with Gasteiger partial charge in [-0.3, -0.25) is 9.10 Å². The predicted octanol–water partition coefficient (Wildman–Crippen LogP) is 2.82. The maximum Gasteiger partial charge on any atom is 0.243 e.